The van der Waals surface area contributed by atoms with Crippen LogP contribution in [0.1, 0.15) is 21.9 Å². The van der Waals surface area contributed by atoms with Gasteiger partial charge in [0.25, 0.3) is 5.91 Å². The van der Waals surface area contributed by atoms with E-state index < -0.39 is 5.91 Å². The highest BCUT2D eigenvalue weighted by Gasteiger charge is 2.22. The largest absolute Gasteiger partial charge is 0.491 e. The van der Waals surface area contributed by atoms with Crippen molar-refractivity contribution in [3.63, 3.8) is 0 Å². The van der Waals surface area contributed by atoms with Gasteiger partial charge in [-0.2, -0.15) is 0 Å². The molecular weight excluding hydrogens is 270 g/mol. The van der Waals surface area contributed by atoms with Crippen LogP contribution in [-0.4, -0.2) is 18.6 Å². The topological polar surface area (TPSA) is 68.5 Å². The lowest BCUT2D eigenvalue weighted by Crippen LogP contribution is -2.42. The van der Waals surface area contributed by atoms with Gasteiger partial charge in [-0.1, -0.05) is 18.2 Å². The molecule has 0 saturated carbocycles. The van der Waals surface area contributed by atoms with Crippen LogP contribution in [-0.2, 0) is 6.42 Å². The number of rotatable bonds is 2. The van der Waals surface area contributed by atoms with Crippen LogP contribution in [0.5, 0.6) is 5.75 Å². The van der Waals surface area contributed by atoms with Crippen LogP contribution < -0.4 is 15.5 Å². The standard InChI is InChI=1S/C16H15NO4/c1-10-6-13(18)8-15(21-10)16(19)17-12-7-11-4-2-3-5-14(11)20-9-12/h2-6,8,12H,7,9H2,1H3,(H,17,19)/t12-/m1/s1. The van der Waals surface area contributed by atoms with Gasteiger partial charge >= 0.3 is 0 Å². The number of carbonyl (C=O) groups excluding carboxylic acids is 1. The van der Waals surface area contributed by atoms with Crippen molar-refractivity contribution < 1.29 is 13.9 Å². The third-order valence-corrected chi connectivity index (χ3v) is 3.33. The monoisotopic (exact) mass is 285 g/mol. The minimum Gasteiger partial charge on any atom is -0.491 e. The molecule has 5 heteroatoms. The maximum absolute atomic E-state index is 12.1. The normalized spacial score (nSPS) is 16.7. The van der Waals surface area contributed by atoms with Gasteiger partial charge in [0.05, 0.1) is 6.04 Å². The molecule has 0 bridgehead atoms. The number of carbonyl (C=O) groups is 1. The lowest BCUT2D eigenvalue weighted by molar-refractivity contribution is 0.0883. The van der Waals surface area contributed by atoms with Gasteiger partial charge in [0, 0.05) is 12.1 Å². The first-order chi connectivity index (χ1) is 10.1. The Kier molecular flexibility index (Phi) is 3.48. The van der Waals surface area contributed by atoms with Gasteiger partial charge in [-0.3, -0.25) is 9.59 Å². The van der Waals surface area contributed by atoms with E-state index in [2.05, 4.69) is 5.32 Å². The summed E-state index contributed by atoms with van der Waals surface area (Å²) < 4.78 is 10.9. The lowest BCUT2D eigenvalue weighted by Gasteiger charge is -2.25. The molecule has 0 aliphatic carbocycles. The minimum absolute atomic E-state index is 0.0267. The summed E-state index contributed by atoms with van der Waals surface area (Å²) in [6, 6.07) is 10.1. The van der Waals surface area contributed by atoms with Gasteiger partial charge in [-0.15, -0.1) is 0 Å². The van der Waals surface area contributed by atoms with Crippen LogP contribution in [0, 0.1) is 6.92 Å². The Morgan fingerprint density at radius 3 is 2.90 bits per heavy atom. The van der Waals surface area contributed by atoms with Crippen molar-refractivity contribution in [2.45, 2.75) is 19.4 Å². The zero-order valence-corrected chi connectivity index (χ0v) is 11.6. The fourth-order valence-electron chi connectivity index (χ4n) is 2.39. The van der Waals surface area contributed by atoms with Crippen molar-refractivity contribution in [2.75, 3.05) is 6.61 Å². The zero-order chi connectivity index (χ0) is 14.8. The van der Waals surface area contributed by atoms with Crippen LogP contribution in [0.3, 0.4) is 0 Å². The molecule has 1 amide bonds. The first-order valence-electron chi connectivity index (χ1n) is 6.75. The SMILES string of the molecule is Cc1cc(=O)cc(C(=O)N[C@H]2COc3ccccc3C2)o1. The molecular formula is C16H15NO4. The molecule has 0 spiro atoms. The van der Waals surface area contributed by atoms with Crippen LogP contribution in [0.2, 0.25) is 0 Å². The molecule has 21 heavy (non-hydrogen) atoms. The average molecular weight is 285 g/mol. The molecule has 0 radical (unpaired) electrons. The smallest absolute Gasteiger partial charge is 0.287 e. The van der Waals surface area contributed by atoms with Crippen molar-refractivity contribution in [1.82, 2.24) is 5.32 Å². The quantitative estimate of drug-likeness (QED) is 0.911. The molecule has 1 aliphatic rings. The minimum atomic E-state index is -0.399. The second-order valence-electron chi connectivity index (χ2n) is 5.06. The first-order valence-corrected chi connectivity index (χ1v) is 6.75. The van der Waals surface area contributed by atoms with Crippen LogP contribution in [0.4, 0.5) is 0 Å². The number of nitrogens with one attached hydrogen (secondary N) is 1. The number of ether oxygens (including phenoxy) is 1. The summed E-state index contributed by atoms with van der Waals surface area (Å²) in [7, 11) is 0. The Bertz CT molecular complexity index is 735. The number of benzene rings is 1. The van der Waals surface area contributed by atoms with Gasteiger partial charge in [-0.05, 0) is 25.0 Å². The maximum atomic E-state index is 12.1. The van der Waals surface area contributed by atoms with E-state index in [1.54, 1.807) is 6.92 Å². The predicted molar refractivity (Wildman–Crippen MR) is 76.6 cm³/mol. The van der Waals surface area contributed by atoms with Gasteiger partial charge in [0.15, 0.2) is 11.2 Å². The number of aryl methyl sites for hydroxylation is 1. The van der Waals surface area contributed by atoms with E-state index in [4.69, 9.17) is 9.15 Å². The summed E-state index contributed by atoms with van der Waals surface area (Å²) in [4.78, 5) is 23.5. The third kappa shape index (κ3) is 2.97. The number of amides is 1. The zero-order valence-electron chi connectivity index (χ0n) is 11.6. The average Bonchev–Trinajstić information content (AvgIpc) is 2.46. The second-order valence-corrected chi connectivity index (χ2v) is 5.06. The Hall–Kier alpha value is -2.56. The van der Waals surface area contributed by atoms with Crippen molar-refractivity contribution in [1.29, 1.82) is 0 Å². The fraction of sp³-hybridized carbons (Fsp3) is 0.250. The van der Waals surface area contributed by atoms with Crippen molar-refractivity contribution in [3.8, 4) is 5.75 Å². The predicted octanol–water partition coefficient (Wildman–Crippen LogP) is 1.68. The molecule has 0 saturated heterocycles. The highest BCUT2D eigenvalue weighted by atomic mass is 16.5. The molecule has 1 aromatic heterocycles. The molecule has 0 fully saturated rings. The summed E-state index contributed by atoms with van der Waals surface area (Å²) in [5.74, 6) is 0.894. The van der Waals surface area contributed by atoms with E-state index in [1.807, 2.05) is 24.3 Å². The molecule has 1 N–H and O–H groups in total. The van der Waals surface area contributed by atoms with Gasteiger partial charge in [0.2, 0.25) is 0 Å². The van der Waals surface area contributed by atoms with Crippen LogP contribution in [0.25, 0.3) is 0 Å². The second kappa shape index (κ2) is 5.44. The molecule has 2 aromatic rings. The number of hydrogen-bond acceptors (Lipinski definition) is 4. The highest BCUT2D eigenvalue weighted by Crippen LogP contribution is 2.23. The molecule has 1 aromatic carbocycles. The van der Waals surface area contributed by atoms with Gasteiger partial charge in [0.1, 0.15) is 18.1 Å². The molecule has 3 rings (SSSR count). The van der Waals surface area contributed by atoms with Crippen molar-refractivity contribution in [2.24, 2.45) is 0 Å². The lowest BCUT2D eigenvalue weighted by atomic mass is 10.0. The van der Waals surface area contributed by atoms with Gasteiger partial charge in [-0.25, -0.2) is 0 Å². The number of hydrogen-bond donors (Lipinski definition) is 1. The Morgan fingerprint density at radius 2 is 2.10 bits per heavy atom. The fourth-order valence-corrected chi connectivity index (χ4v) is 2.39. The van der Waals surface area contributed by atoms with Crippen LogP contribution in [0.15, 0.2) is 45.6 Å². The summed E-state index contributed by atoms with van der Waals surface area (Å²) >= 11 is 0. The maximum Gasteiger partial charge on any atom is 0.287 e. The van der Waals surface area contributed by atoms with E-state index in [-0.39, 0.29) is 17.2 Å². The summed E-state index contributed by atoms with van der Waals surface area (Å²) in [5, 5.41) is 2.83. The van der Waals surface area contributed by atoms with E-state index in [1.165, 1.54) is 12.1 Å². The Morgan fingerprint density at radius 1 is 1.29 bits per heavy atom. The van der Waals surface area contributed by atoms with E-state index in [0.29, 0.717) is 18.8 Å². The molecule has 1 aliphatic heterocycles. The Balaban J connectivity index is 1.73. The number of fused-ring (bicyclic) bond motifs is 1. The van der Waals surface area contributed by atoms with Crippen LogP contribution >= 0.6 is 0 Å². The molecule has 108 valence electrons. The van der Waals surface area contributed by atoms with E-state index >= 15 is 0 Å². The van der Waals surface area contributed by atoms with Gasteiger partial charge < -0.3 is 14.5 Å². The Labute approximate surface area is 121 Å². The summed E-state index contributed by atoms with van der Waals surface area (Å²) in [6.45, 7) is 2.04. The summed E-state index contributed by atoms with van der Waals surface area (Å²) in [6.07, 6.45) is 0.692. The first kappa shape index (κ1) is 13.4. The molecule has 5 nitrogen and oxygen atoms in total. The molecule has 0 unspecified atom stereocenters. The molecule has 1 atom stereocenters. The van der Waals surface area contributed by atoms with Crippen molar-refractivity contribution >= 4 is 5.91 Å². The van der Waals surface area contributed by atoms with Crippen molar-refractivity contribution in [3.05, 3.63) is 63.7 Å². The third-order valence-electron chi connectivity index (χ3n) is 3.33. The van der Waals surface area contributed by atoms with E-state index in [9.17, 15) is 9.59 Å². The van der Waals surface area contributed by atoms with E-state index in [0.717, 1.165) is 11.3 Å². The highest BCUT2D eigenvalue weighted by molar-refractivity contribution is 5.91. The summed E-state index contributed by atoms with van der Waals surface area (Å²) in [5.41, 5.74) is 0.814. The number of para-hydroxylation sites is 1. The molecule has 2 heterocycles.